The summed E-state index contributed by atoms with van der Waals surface area (Å²) in [7, 11) is -3.10. The van der Waals surface area contributed by atoms with Crippen LogP contribution < -0.4 is 20.7 Å². The standard InChI is InChI=1S/C44H29N3Si/c45-30-32-28-34(31-46)44(48(36-14-4-1-5-15-36,37-16-6-2-7-17-37)38-18-8-3-9-19-38)41(29-32)33-24-26-35(27-25-33)47-42-22-12-10-20-39(42)40-21-11-13-23-43(40)47/h1-29H. The first kappa shape index (κ1) is 29.0. The summed E-state index contributed by atoms with van der Waals surface area (Å²) in [6, 6.07) is 66.0. The lowest BCUT2D eigenvalue weighted by Gasteiger charge is -2.36. The third-order valence-corrected chi connectivity index (χ3v) is 14.3. The Morgan fingerprint density at radius 2 is 0.917 bits per heavy atom. The lowest BCUT2D eigenvalue weighted by Crippen LogP contribution is -2.75. The van der Waals surface area contributed by atoms with Gasteiger partial charge in [0.25, 0.3) is 0 Å². The number of fused-ring (bicyclic) bond motifs is 3. The summed E-state index contributed by atoms with van der Waals surface area (Å²) >= 11 is 0. The number of para-hydroxylation sites is 2. The molecule has 0 spiro atoms. The van der Waals surface area contributed by atoms with Gasteiger partial charge in [-0.1, -0.05) is 140 Å². The highest BCUT2D eigenvalue weighted by Gasteiger charge is 2.44. The van der Waals surface area contributed by atoms with E-state index in [1.54, 1.807) is 6.07 Å². The van der Waals surface area contributed by atoms with Gasteiger partial charge in [-0.3, -0.25) is 0 Å². The van der Waals surface area contributed by atoms with Crippen molar-refractivity contribution in [3.05, 3.63) is 187 Å². The lowest BCUT2D eigenvalue weighted by atomic mass is 9.99. The predicted molar refractivity (Wildman–Crippen MR) is 199 cm³/mol. The molecule has 0 N–H and O–H groups in total. The SMILES string of the molecule is N#Cc1cc(C#N)c([Si](c2ccccc2)(c2ccccc2)c2ccccc2)c(-c2ccc(-n3c4ccccc4c4ccccc43)cc2)c1. The van der Waals surface area contributed by atoms with Crippen molar-refractivity contribution in [2.45, 2.75) is 0 Å². The molecule has 0 fully saturated rings. The number of nitriles is 2. The predicted octanol–water partition coefficient (Wildman–Crippen LogP) is 7.57. The van der Waals surface area contributed by atoms with Crippen LogP contribution in [-0.4, -0.2) is 12.6 Å². The topological polar surface area (TPSA) is 52.5 Å². The van der Waals surface area contributed by atoms with E-state index >= 15 is 0 Å². The normalized spacial score (nSPS) is 11.3. The van der Waals surface area contributed by atoms with Gasteiger partial charge in [0, 0.05) is 16.5 Å². The summed E-state index contributed by atoms with van der Waals surface area (Å²) in [5, 5.41) is 28.0. The van der Waals surface area contributed by atoms with Crippen molar-refractivity contribution >= 4 is 50.6 Å². The molecule has 0 bridgehead atoms. The maximum Gasteiger partial charge on any atom is 0.181 e. The largest absolute Gasteiger partial charge is 0.309 e. The van der Waals surface area contributed by atoms with Crippen molar-refractivity contribution in [2.75, 3.05) is 0 Å². The third kappa shape index (κ3) is 4.55. The minimum Gasteiger partial charge on any atom is -0.309 e. The summed E-state index contributed by atoms with van der Waals surface area (Å²) in [5.74, 6) is 0. The maximum absolute atomic E-state index is 10.8. The summed E-state index contributed by atoms with van der Waals surface area (Å²) in [6.07, 6.45) is 0. The molecule has 0 atom stereocenters. The first-order valence-corrected chi connectivity index (χ1v) is 18.0. The van der Waals surface area contributed by atoms with Gasteiger partial charge < -0.3 is 4.57 Å². The first-order chi connectivity index (χ1) is 23.7. The monoisotopic (exact) mass is 627 g/mol. The highest BCUT2D eigenvalue weighted by Crippen LogP contribution is 2.33. The number of nitrogens with zero attached hydrogens (tertiary/aromatic N) is 3. The highest BCUT2D eigenvalue weighted by molar-refractivity contribution is 7.20. The van der Waals surface area contributed by atoms with Crippen LogP contribution in [-0.2, 0) is 0 Å². The summed E-state index contributed by atoms with van der Waals surface area (Å²) < 4.78 is 2.30. The number of aromatic nitrogens is 1. The van der Waals surface area contributed by atoms with Gasteiger partial charge in [0.2, 0.25) is 0 Å². The van der Waals surface area contributed by atoms with Gasteiger partial charge in [-0.2, -0.15) is 10.5 Å². The fourth-order valence-corrected chi connectivity index (χ4v) is 12.5. The van der Waals surface area contributed by atoms with Crippen LogP contribution in [0.3, 0.4) is 0 Å². The van der Waals surface area contributed by atoms with Crippen LogP contribution in [0.15, 0.2) is 176 Å². The number of benzene rings is 7. The Morgan fingerprint density at radius 1 is 0.458 bits per heavy atom. The molecule has 48 heavy (non-hydrogen) atoms. The zero-order chi connectivity index (χ0) is 32.5. The molecule has 0 unspecified atom stereocenters. The van der Waals surface area contributed by atoms with Gasteiger partial charge in [-0.15, -0.1) is 0 Å². The van der Waals surface area contributed by atoms with Gasteiger partial charge in [-0.05, 0) is 68.3 Å². The van der Waals surface area contributed by atoms with Gasteiger partial charge in [-0.25, -0.2) is 0 Å². The molecule has 7 aromatic carbocycles. The second kappa shape index (κ2) is 12.0. The molecule has 0 amide bonds. The molecular weight excluding hydrogens is 599 g/mol. The fraction of sp³-hybridized carbons (Fsp3) is 0. The molecule has 4 heteroatoms. The molecule has 1 heterocycles. The number of hydrogen-bond acceptors (Lipinski definition) is 2. The maximum atomic E-state index is 10.8. The van der Waals surface area contributed by atoms with E-state index < -0.39 is 8.07 Å². The van der Waals surface area contributed by atoms with E-state index in [0.29, 0.717) is 11.1 Å². The average Bonchev–Trinajstić information content (AvgIpc) is 3.51. The number of hydrogen-bond donors (Lipinski definition) is 0. The zero-order valence-corrected chi connectivity index (χ0v) is 27.1. The van der Waals surface area contributed by atoms with E-state index in [4.69, 9.17) is 0 Å². The van der Waals surface area contributed by atoms with Crippen LogP contribution in [0, 0.1) is 22.7 Å². The minimum absolute atomic E-state index is 0.467. The third-order valence-electron chi connectivity index (χ3n) is 9.40. The fourth-order valence-electron chi connectivity index (χ4n) is 7.41. The van der Waals surface area contributed by atoms with Crippen molar-refractivity contribution in [1.82, 2.24) is 4.57 Å². The minimum atomic E-state index is -3.10. The molecule has 1 aromatic heterocycles. The summed E-state index contributed by atoms with van der Waals surface area (Å²) in [5.41, 5.74) is 6.20. The molecular formula is C44H29N3Si. The second-order valence-electron chi connectivity index (χ2n) is 11.9. The van der Waals surface area contributed by atoms with Crippen LogP contribution in [0.4, 0.5) is 0 Å². The molecule has 0 aliphatic carbocycles. The lowest BCUT2D eigenvalue weighted by molar-refractivity contribution is 1.18. The zero-order valence-electron chi connectivity index (χ0n) is 26.1. The molecule has 0 aliphatic rings. The van der Waals surface area contributed by atoms with E-state index in [0.717, 1.165) is 33.0 Å². The van der Waals surface area contributed by atoms with Crippen LogP contribution in [0.2, 0.25) is 0 Å². The van der Waals surface area contributed by atoms with Crippen molar-refractivity contribution < 1.29 is 0 Å². The van der Waals surface area contributed by atoms with Gasteiger partial charge in [0.15, 0.2) is 8.07 Å². The smallest absolute Gasteiger partial charge is 0.181 e. The Balaban J connectivity index is 1.44. The Labute approximate surface area is 280 Å². The molecule has 8 rings (SSSR count). The van der Waals surface area contributed by atoms with Crippen LogP contribution >= 0.6 is 0 Å². The highest BCUT2D eigenvalue weighted by atomic mass is 28.3. The summed E-state index contributed by atoms with van der Waals surface area (Å²) in [6.45, 7) is 0. The van der Waals surface area contributed by atoms with Crippen molar-refractivity contribution in [3.8, 4) is 29.0 Å². The van der Waals surface area contributed by atoms with Crippen LogP contribution in [0.1, 0.15) is 11.1 Å². The Kier molecular flexibility index (Phi) is 7.27. The van der Waals surface area contributed by atoms with Gasteiger partial charge in [0.05, 0.1) is 34.3 Å². The Hall–Kier alpha value is -6.46. The van der Waals surface area contributed by atoms with Crippen LogP contribution in [0.5, 0.6) is 0 Å². The second-order valence-corrected chi connectivity index (χ2v) is 15.7. The molecule has 3 nitrogen and oxygen atoms in total. The van der Waals surface area contributed by atoms with Crippen LogP contribution in [0.25, 0.3) is 38.6 Å². The van der Waals surface area contributed by atoms with E-state index in [1.807, 2.05) is 24.3 Å². The first-order valence-electron chi connectivity index (χ1n) is 16.0. The average molecular weight is 628 g/mol. The quantitative estimate of drug-likeness (QED) is 0.141. The van der Waals surface area contributed by atoms with E-state index in [1.165, 1.54) is 26.3 Å². The van der Waals surface area contributed by atoms with Crippen molar-refractivity contribution in [1.29, 1.82) is 10.5 Å². The van der Waals surface area contributed by atoms with Gasteiger partial charge in [0.1, 0.15) is 0 Å². The Morgan fingerprint density at radius 3 is 1.38 bits per heavy atom. The molecule has 224 valence electrons. The molecule has 8 aromatic rings. The summed E-state index contributed by atoms with van der Waals surface area (Å²) in [4.78, 5) is 0. The van der Waals surface area contributed by atoms with E-state index in [2.05, 4.69) is 162 Å². The number of rotatable bonds is 6. The van der Waals surface area contributed by atoms with Crippen molar-refractivity contribution in [3.63, 3.8) is 0 Å². The molecule has 0 saturated carbocycles. The Bertz CT molecular complexity index is 2350. The molecule has 0 radical (unpaired) electrons. The van der Waals surface area contributed by atoms with Crippen molar-refractivity contribution in [2.24, 2.45) is 0 Å². The van der Waals surface area contributed by atoms with Gasteiger partial charge >= 0.3 is 0 Å². The van der Waals surface area contributed by atoms with E-state index in [9.17, 15) is 10.5 Å². The van der Waals surface area contributed by atoms with E-state index in [-0.39, 0.29) is 0 Å². The molecule has 0 saturated heterocycles. The molecule has 0 aliphatic heterocycles.